The molecular weight excluding hydrogens is 294 g/mol. The molecule has 0 saturated carbocycles. The second-order valence-electron chi connectivity index (χ2n) is 5.04. The van der Waals surface area contributed by atoms with Crippen molar-refractivity contribution in [3.63, 3.8) is 0 Å². The van der Waals surface area contributed by atoms with Gasteiger partial charge in [0, 0.05) is 5.56 Å². The predicted octanol–water partition coefficient (Wildman–Crippen LogP) is 2.95. The van der Waals surface area contributed by atoms with Crippen molar-refractivity contribution in [3.05, 3.63) is 59.8 Å². The molecule has 0 saturated heterocycles. The van der Waals surface area contributed by atoms with Crippen LogP contribution in [0, 0.1) is 6.92 Å². The Morgan fingerprint density at radius 3 is 2.65 bits per heavy atom. The monoisotopic (exact) mass is 309 g/mol. The van der Waals surface area contributed by atoms with Gasteiger partial charge in [-0.05, 0) is 36.8 Å². The number of nitrogens with zero attached hydrogens (tertiary/aromatic N) is 3. The van der Waals surface area contributed by atoms with Gasteiger partial charge >= 0.3 is 5.97 Å². The highest BCUT2D eigenvalue weighted by molar-refractivity contribution is 5.94. The number of methoxy groups -OCH3 is 1. The van der Waals surface area contributed by atoms with Crippen molar-refractivity contribution >= 4 is 5.97 Å². The largest absolute Gasteiger partial charge is 0.496 e. The van der Waals surface area contributed by atoms with Crippen LogP contribution in [-0.2, 0) is 0 Å². The smallest absolute Gasteiger partial charge is 0.358 e. The summed E-state index contributed by atoms with van der Waals surface area (Å²) in [5.41, 5.74) is 2.68. The molecular formula is C17H15N3O3. The molecule has 1 heterocycles. The molecule has 1 N–H and O–H groups in total. The Bertz CT molecular complexity index is 871. The van der Waals surface area contributed by atoms with Crippen molar-refractivity contribution in [1.82, 2.24) is 15.0 Å². The van der Waals surface area contributed by atoms with E-state index in [1.807, 2.05) is 43.3 Å². The first-order chi connectivity index (χ1) is 11.1. The van der Waals surface area contributed by atoms with Crippen LogP contribution in [0.2, 0.25) is 0 Å². The molecule has 0 aliphatic carbocycles. The summed E-state index contributed by atoms with van der Waals surface area (Å²) < 4.78 is 6.88. The number of para-hydroxylation sites is 1. The van der Waals surface area contributed by atoms with Crippen LogP contribution in [0.4, 0.5) is 0 Å². The fourth-order valence-electron chi connectivity index (χ4n) is 2.45. The average molecular weight is 309 g/mol. The number of hydrogen-bond acceptors (Lipinski definition) is 4. The van der Waals surface area contributed by atoms with E-state index in [2.05, 4.69) is 10.3 Å². The average Bonchev–Trinajstić information content (AvgIpc) is 2.99. The minimum Gasteiger partial charge on any atom is -0.496 e. The molecule has 3 aromatic rings. The normalized spacial score (nSPS) is 10.5. The lowest BCUT2D eigenvalue weighted by Gasteiger charge is -2.11. The summed E-state index contributed by atoms with van der Waals surface area (Å²) in [5.74, 6) is -0.573. The maximum Gasteiger partial charge on any atom is 0.358 e. The second-order valence-corrected chi connectivity index (χ2v) is 5.04. The summed E-state index contributed by atoms with van der Waals surface area (Å²) in [6.45, 7) is 1.96. The Morgan fingerprint density at radius 2 is 1.96 bits per heavy atom. The van der Waals surface area contributed by atoms with Gasteiger partial charge in [0.25, 0.3) is 0 Å². The molecule has 0 radical (unpaired) electrons. The van der Waals surface area contributed by atoms with Crippen molar-refractivity contribution in [3.8, 4) is 22.7 Å². The zero-order valence-corrected chi connectivity index (χ0v) is 12.7. The van der Waals surface area contributed by atoms with Gasteiger partial charge in [-0.1, -0.05) is 29.5 Å². The number of rotatable bonds is 4. The van der Waals surface area contributed by atoms with Crippen LogP contribution < -0.4 is 4.74 Å². The minimum atomic E-state index is -1.13. The number of hydrogen-bond donors (Lipinski definition) is 1. The van der Waals surface area contributed by atoms with Crippen LogP contribution in [0.3, 0.4) is 0 Å². The fraction of sp³-hybridized carbons (Fsp3) is 0.118. The summed E-state index contributed by atoms with van der Waals surface area (Å²) in [7, 11) is 1.54. The van der Waals surface area contributed by atoms with Crippen LogP contribution in [-0.4, -0.2) is 33.2 Å². The number of carboxylic acids is 1. The quantitative estimate of drug-likeness (QED) is 0.801. The predicted molar refractivity (Wildman–Crippen MR) is 85.0 cm³/mol. The minimum absolute atomic E-state index is 0.115. The van der Waals surface area contributed by atoms with E-state index >= 15 is 0 Å². The van der Waals surface area contributed by atoms with Crippen LogP contribution in [0.15, 0.2) is 48.5 Å². The third-order valence-electron chi connectivity index (χ3n) is 3.48. The Kier molecular flexibility index (Phi) is 3.80. The Labute approximate surface area is 133 Å². The van der Waals surface area contributed by atoms with Crippen LogP contribution in [0.1, 0.15) is 16.1 Å². The van der Waals surface area contributed by atoms with Crippen molar-refractivity contribution < 1.29 is 14.6 Å². The van der Waals surface area contributed by atoms with E-state index in [1.54, 1.807) is 19.2 Å². The highest BCUT2D eigenvalue weighted by atomic mass is 16.5. The van der Waals surface area contributed by atoms with Gasteiger partial charge in [-0.15, -0.1) is 5.10 Å². The SMILES string of the molecule is COc1ccccc1-c1c(C(=O)O)nnn1-c1cccc(C)c1. The molecule has 1 aromatic heterocycles. The number of carbonyl (C=O) groups is 1. The number of ether oxygens (including phenoxy) is 1. The number of aryl methyl sites for hydroxylation is 1. The van der Waals surface area contributed by atoms with Crippen LogP contribution in [0.25, 0.3) is 16.9 Å². The van der Waals surface area contributed by atoms with Gasteiger partial charge in [-0.2, -0.15) is 0 Å². The van der Waals surface area contributed by atoms with Gasteiger partial charge < -0.3 is 9.84 Å². The molecule has 0 spiro atoms. The fourth-order valence-corrected chi connectivity index (χ4v) is 2.45. The molecule has 0 fully saturated rings. The molecule has 116 valence electrons. The van der Waals surface area contributed by atoms with Gasteiger partial charge in [0.05, 0.1) is 12.8 Å². The first-order valence-electron chi connectivity index (χ1n) is 7.01. The van der Waals surface area contributed by atoms with Crippen molar-refractivity contribution in [2.45, 2.75) is 6.92 Å². The highest BCUT2D eigenvalue weighted by Crippen LogP contribution is 2.32. The molecule has 3 rings (SSSR count). The molecule has 0 unspecified atom stereocenters. The lowest BCUT2D eigenvalue weighted by atomic mass is 10.1. The topological polar surface area (TPSA) is 77.2 Å². The first-order valence-corrected chi connectivity index (χ1v) is 7.01. The number of aromatic nitrogens is 3. The number of benzene rings is 2. The standard InChI is InChI=1S/C17H15N3O3/c1-11-6-5-7-12(10-11)20-16(15(17(21)22)18-19-20)13-8-3-4-9-14(13)23-2/h3-10H,1-2H3,(H,21,22). The molecule has 0 aliphatic heterocycles. The van der Waals surface area contributed by atoms with E-state index < -0.39 is 5.97 Å². The lowest BCUT2D eigenvalue weighted by molar-refractivity contribution is 0.0691. The summed E-state index contributed by atoms with van der Waals surface area (Å²) in [6.07, 6.45) is 0. The van der Waals surface area contributed by atoms with Gasteiger partial charge in [-0.3, -0.25) is 0 Å². The number of aromatic carboxylic acids is 1. The van der Waals surface area contributed by atoms with Crippen molar-refractivity contribution in [2.75, 3.05) is 7.11 Å². The van der Waals surface area contributed by atoms with Gasteiger partial charge in [-0.25, -0.2) is 9.48 Å². The summed E-state index contributed by atoms with van der Waals surface area (Å²) >= 11 is 0. The molecule has 6 heteroatoms. The van der Waals surface area contributed by atoms with E-state index in [0.29, 0.717) is 17.0 Å². The maximum absolute atomic E-state index is 11.5. The zero-order valence-electron chi connectivity index (χ0n) is 12.7. The van der Waals surface area contributed by atoms with E-state index in [0.717, 1.165) is 11.3 Å². The Morgan fingerprint density at radius 1 is 1.17 bits per heavy atom. The third-order valence-corrected chi connectivity index (χ3v) is 3.48. The molecule has 6 nitrogen and oxygen atoms in total. The molecule has 0 amide bonds. The first kappa shape index (κ1) is 14.8. The van der Waals surface area contributed by atoms with Crippen molar-refractivity contribution in [1.29, 1.82) is 0 Å². The summed E-state index contributed by atoms with van der Waals surface area (Å²) in [6, 6.07) is 14.8. The molecule has 0 bridgehead atoms. The van der Waals surface area contributed by atoms with E-state index in [1.165, 1.54) is 4.68 Å². The lowest BCUT2D eigenvalue weighted by Crippen LogP contribution is -2.04. The van der Waals surface area contributed by atoms with Gasteiger partial charge in [0.2, 0.25) is 0 Å². The number of carboxylic acid groups (broad SMARTS) is 1. The van der Waals surface area contributed by atoms with E-state index in [9.17, 15) is 9.90 Å². The van der Waals surface area contributed by atoms with E-state index in [4.69, 9.17) is 4.74 Å². The van der Waals surface area contributed by atoms with Crippen LogP contribution in [0.5, 0.6) is 5.75 Å². The zero-order chi connectivity index (χ0) is 16.4. The van der Waals surface area contributed by atoms with Gasteiger partial charge in [0.1, 0.15) is 11.4 Å². The highest BCUT2D eigenvalue weighted by Gasteiger charge is 2.23. The summed E-state index contributed by atoms with van der Waals surface area (Å²) in [4.78, 5) is 11.5. The van der Waals surface area contributed by atoms with Gasteiger partial charge in [0.15, 0.2) is 5.69 Å². The Balaban J connectivity index is 2.29. The summed E-state index contributed by atoms with van der Waals surface area (Å²) in [5, 5.41) is 17.3. The Hall–Kier alpha value is -3.15. The molecule has 23 heavy (non-hydrogen) atoms. The molecule has 0 atom stereocenters. The third kappa shape index (κ3) is 2.66. The molecule has 2 aromatic carbocycles. The van der Waals surface area contributed by atoms with E-state index in [-0.39, 0.29) is 5.69 Å². The molecule has 0 aliphatic rings. The second kappa shape index (κ2) is 5.92. The van der Waals surface area contributed by atoms with Crippen LogP contribution >= 0.6 is 0 Å². The van der Waals surface area contributed by atoms with Crippen molar-refractivity contribution in [2.24, 2.45) is 0 Å². The maximum atomic E-state index is 11.5.